The van der Waals surface area contributed by atoms with Gasteiger partial charge in [-0.15, -0.1) is 0 Å². The van der Waals surface area contributed by atoms with E-state index in [9.17, 15) is 4.79 Å². The minimum absolute atomic E-state index is 0.0200. The Morgan fingerprint density at radius 3 is 2.52 bits per heavy atom. The van der Waals surface area contributed by atoms with E-state index in [2.05, 4.69) is 4.98 Å². The van der Waals surface area contributed by atoms with Crippen LogP contribution >= 0.6 is 11.6 Å². The summed E-state index contributed by atoms with van der Waals surface area (Å²) in [4.78, 5) is 27.8. The van der Waals surface area contributed by atoms with Crippen LogP contribution < -0.4 is 10.3 Å². The molecule has 0 N–H and O–H groups in total. The van der Waals surface area contributed by atoms with Gasteiger partial charge in [0.05, 0.1) is 28.9 Å². The molecule has 0 aliphatic carbocycles. The second-order valence-corrected chi connectivity index (χ2v) is 7.86. The summed E-state index contributed by atoms with van der Waals surface area (Å²) in [6.45, 7) is 4.04. The van der Waals surface area contributed by atoms with Gasteiger partial charge in [0.15, 0.2) is 11.3 Å². The maximum Gasteiger partial charge on any atom is 0.265 e. The quantitative estimate of drug-likeness (QED) is 0.402. The van der Waals surface area contributed by atoms with E-state index in [0.717, 1.165) is 23.1 Å². The smallest absolute Gasteiger partial charge is 0.265 e. The second kappa shape index (κ2) is 7.35. The van der Waals surface area contributed by atoms with E-state index in [1.54, 1.807) is 30.1 Å². The lowest BCUT2D eigenvalue weighted by molar-refractivity contribution is 0.415. The molecule has 0 aliphatic heterocycles. The van der Waals surface area contributed by atoms with Crippen molar-refractivity contribution in [2.45, 2.75) is 26.3 Å². The van der Waals surface area contributed by atoms with Gasteiger partial charge in [-0.3, -0.25) is 13.9 Å². The lowest BCUT2D eigenvalue weighted by Gasteiger charge is -2.12. The number of halogens is 1. The Hall–Kier alpha value is -3.45. The van der Waals surface area contributed by atoms with Gasteiger partial charge in [0.1, 0.15) is 23.0 Å². The fourth-order valence-electron chi connectivity index (χ4n) is 3.80. The Kier molecular flexibility index (Phi) is 4.63. The fourth-order valence-corrected chi connectivity index (χ4v) is 4.05. The number of benzene rings is 2. The summed E-state index contributed by atoms with van der Waals surface area (Å²) < 4.78 is 8.77. The second-order valence-electron chi connectivity index (χ2n) is 7.45. The van der Waals surface area contributed by atoms with E-state index >= 15 is 0 Å². The van der Waals surface area contributed by atoms with E-state index in [1.165, 1.54) is 0 Å². The van der Waals surface area contributed by atoms with Crippen molar-refractivity contribution in [3.8, 4) is 11.4 Å². The van der Waals surface area contributed by atoms with Crippen molar-refractivity contribution in [1.29, 1.82) is 0 Å². The first kappa shape index (κ1) is 19.5. The van der Waals surface area contributed by atoms with Gasteiger partial charge in [0.25, 0.3) is 5.56 Å². The van der Waals surface area contributed by atoms with Crippen molar-refractivity contribution in [2.24, 2.45) is 0 Å². The minimum atomic E-state index is -0.132. The van der Waals surface area contributed by atoms with Crippen LogP contribution in [0.2, 0.25) is 5.02 Å². The van der Waals surface area contributed by atoms with Gasteiger partial charge in [-0.25, -0.2) is 15.0 Å². The minimum Gasteiger partial charge on any atom is -0.495 e. The topological polar surface area (TPSA) is 74.8 Å². The number of ether oxygens (including phenoxy) is 1. The van der Waals surface area contributed by atoms with E-state index < -0.39 is 0 Å². The number of aromatic nitrogens is 5. The lowest BCUT2D eigenvalue weighted by Crippen LogP contribution is -2.23. The summed E-state index contributed by atoms with van der Waals surface area (Å²) in [5.41, 5.74) is 3.63. The van der Waals surface area contributed by atoms with Crippen molar-refractivity contribution in [3.63, 3.8) is 0 Å². The Balaban J connectivity index is 1.95. The first-order chi connectivity index (χ1) is 15.0. The maximum atomic E-state index is 13.5. The maximum absolute atomic E-state index is 13.5. The molecule has 0 amide bonds. The molecule has 1 unspecified atom stereocenters. The average molecular weight is 434 g/mol. The van der Waals surface area contributed by atoms with Gasteiger partial charge < -0.3 is 4.74 Å². The number of methoxy groups -OCH3 is 1. The number of para-hydroxylation sites is 2. The Morgan fingerprint density at radius 2 is 1.84 bits per heavy atom. The molecule has 156 valence electrons. The van der Waals surface area contributed by atoms with Crippen molar-refractivity contribution < 1.29 is 4.74 Å². The standard InChI is InChI=1S/C23H20ClN5O2/c1-4-13(2)28-12-25-21-19(23(28)30)20-22(27-17-8-6-5-7-16(17)26-20)29(21)14-9-10-18(31-3)15(24)11-14/h5-13H,4H2,1-3H3. The van der Waals surface area contributed by atoms with Crippen LogP contribution in [0.5, 0.6) is 5.75 Å². The molecule has 31 heavy (non-hydrogen) atoms. The summed E-state index contributed by atoms with van der Waals surface area (Å²) >= 11 is 6.40. The third-order valence-electron chi connectivity index (χ3n) is 5.65. The van der Waals surface area contributed by atoms with Gasteiger partial charge in [0, 0.05) is 6.04 Å². The summed E-state index contributed by atoms with van der Waals surface area (Å²) in [7, 11) is 1.57. The predicted molar refractivity (Wildman–Crippen MR) is 122 cm³/mol. The van der Waals surface area contributed by atoms with E-state index in [-0.39, 0.29) is 11.6 Å². The molecule has 1 atom stereocenters. The zero-order chi connectivity index (χ0) is 21.7. The van der Waals surface area contributed by atoms with Crippen molar-refractivity contribution in [2.75, 3.05) is 7.11 Å². The molecule has 0 bridgehead atoms. The van der Waals surface area contributed by atoms with Gasteiger partial charge in [-0.05, 0) is 43.7 Å². The lowest BCUT2D eigenvalue weighted by atomic mass is 10.2. The normalized spacial score (nSPS) is 12.6. The van der Waals surface area contributed by atoms with Gasteiger partial charge in [-0.1, -0.05) is 30.7 Å². The van der Waals surface area contributed by atoms with Crippen LogP contribution in [0, 0.1) is 0 Å². The summed E-state index contributed by atoms with van der Waals surface area (Å²) in [5, 5.41) is 0.902. The van der Waals surface area contributed by atoms with E-state index in [1.807, 2.05) is 48.7 Å². The Labute approximate surface area is 182 Å². The van der Waals surface area contributed by atoms with Crippen LogP contribution in [0.25, 0.3) is 38.9 Å². The predicted octanol–water partition coefficient (Wildman–Crippen LogP) is 4.92. The SMILES string of the molecule is CCC(C)n1cnc2c(c1=O)c1nc3ccccc3nc1n2-c1ccc(OC)c(Cl)c1. The van der Waals surface area contributed by atoms with Gasteiger partial charge in [-0.2, -0.15) is 0 Å². The van der Waals surface area contributed by atoms with E-state index in [4.69, 9.17) is 26.3 Å². The zero-order valence-electron chi connectivity index (χ0n) is 17.3. The highest BCUT2D eigenvalue weighted by molar-refractivity contribution is 6.32. The van der Waals surface area contributed by atoms with Crippen LogP contribution in [0.1, 0.15) is 26.3 Å². The molecule has 3 heterocycles. The zero-order valence-corrected chi connectivity index (χ0v) is 18.1. The highest BCUT2D eigenvalue weighted by atomic mass is 35.5. The molecule has 0 fully saturated rings. The van der Waals surface area contributed by atoms with Crippen LogP contribution in [-0.4, -0.2) is 31.2 Å². The average Bonchev–Trinajstić information content (AvgIpc) is 3.11. The molecule has 8 heteroatoms. The highest BCUT2D eigenvalue weighted by Crippen LogP contribution is 2.32. The molecule has 0 radical (unpaired) electrons. The molecule has 7 nitrogen and oxygen atoms in total. The van der Waals surface area contributed by atoms with Crippen LogP contribution in [0.4, 0.5) is 0 Å². The molecular formula is C23H20ClN5O2. The monoisotopic (exact) mass is 433 g/mol. The molecular weight excluding hydrogens is 414 g/mol. The first-order valence-corrected chi connectivity index (χ1v) is 10.4. The summed E-state index contributed by atoms with van der Waals surface area (Å²) in [6.07, 6.45) is 2.41. The van der Waals surface area contributed by atoms with Gasteiger partial charge in [0.2, 0.25) is 0 Å². The van der Waals surface area contributed by atoms with Crippen LogP contribution in [-0.2, 0) is 0 Å². The van der Waals surface area contributed by atoms with Crippen molar-refractivity contribution in [1.82, 2.24) is 24.1 Å². The number of rotatable bonds is 4. The van der Waals surface area contributed by atoms with E-state index in [0.29, 0.717) is 33.0 Å². The number of hydrogen-bond acceptors (Lipinski definition) is 5. The molecule has 5 aromatic rings. The van der Waals surface area contributed by atoms with Crippen LogP contribution in [0.3, 0.4) is 0 Å². The van der Waals surface area contributed by atoms with Crippen molar-refractivity contribution >= 4 is 44.8 Å². The molecule has 0 saturated heterocycles. The molecule has 0 aliphatic rings. The Morgan fingerprint density at radius 1 is 1.10 bits per heavy atom. The molecule has 0 spiro atoms. The fraction of sp³-hybridized carbons (Fsp3) is 0.217. The summed E-state index contributed by atoms with van der Waals surface area (Å²) in [6, 6.07) is 13.0. The number of hydrogen-bond donors (Lipinski definition) is 0. The number of nitrogens with zero attached hydrogens (tertiary/aromatic N) is 5. The van der Waals surface area contributed by atoms with Gasteiger partial charge >= 0.3 is 0 Å². The third-order valence-corrected chi connectivity index (χ3v) is 5.94. The molecule has 5 rings (SSSR count). The molecule has 2 aromatic carbocycles. The summed E-state index contributed by atoms with van der Waals surface area (Å²) in [5.74, 6) is 0.565. The largest absolute Gasteiger partial charge is 0.495 e. The first-order valence-electron chi connectivity index (χ1n) is 10.1. The molecule has 3 aromatic heterocycles. The highest BCUT2D eigenvalue weighted by Gasteiger charge is 2.22. The number of fused-ring (bicyclic) bond motifs is 4. The van der Waals surface area contributed by atoms with Crippen LogP contribution in [0.15, 0.2) is 53.6 Å². The van der Waals surface area contributed by atoms with Crippen molar-refractivity contribution in [3.05, 3.63) is 64.2 Å². The third kappa shape index (κ3) is 2.96. The Bertz CT molecular complexity index is 1520. The molecule has 0 saturated carbocycles.